The highest BCUT2D eigenvalue weighted by atomic mass is 32.1. The lowest BCUT2D eigenvalue weighted by atomic mass is 10.2. The summed E-state index contributed by atoms with van der Waals surface area (Å²) in [5.74, 6) is 0.357. The molecule has 2 aromatic carbocycles. The number of methoxy groups -OCH3 is 1. The van der Waals surface area contributed by atoms with Gasteiger partial charge in [0.25, 0.3) is 0 Å². The van der Waals surface area contributed by atoms with Gasteiger partial charge in [-0.3, -0.25) is 10.3 Å². The van der Waals surface area contributed by atoms with Crippen LogP contribution in [0.25, 0.3) is 10.6 Å². The van der Waals surface area contributed by atoms with Crippen molar-refractivity contribution < 1.29 is 31.8 Å². The van der Waals surface area contributed by atoms with Gasteiger partial charge in [-0.2, -0.15) is 13.2 Å². The summed E-state index contributed by atoms with van der Waals surface area (Å²) < 4.78 is 60.9. The van der Waals surface area contributed by atoms with Crippen molar-refractivity contribution in [2.75, 3.05) is 29.7 Å². The summed E-state index contributed by atoms with van der Waals surface area (Å²) in [5, 5.41) is 8.79. The van der Waals surface area contributed by atoms with E-state index in [1.165, 1.54) is 41.8 Å². The van der Waals surface area contributed by atoms with E-state index in [1.807, 2.05) is 0 Å². The van der Waals surface area contributed by atoms with Crippen molar-refractivity contribution in [1.82, 2.24) is 9.97 Å². The molecule has 0 saturated heterocycles. The number of pyridine rings is 1. The van der Waals surface area contributed by atoms with Crippen LogP contribution in [0.4, 0.5) is 44.7 Å². The quantitative estimate of drug-likeness (QED) is 0.206. The van der Waals surface area contributed by atoms with Crippen LogP contribution in [-0.4, -0.2) is 35.9 Å². The van der Waals surface area contributed by atoms with E-state index < -0.39 is 24.6 Å². The lowest BCUT2D eigenvalue weighted by Gasteiger charge is -2.12. The number of ether oxygens (including phenoxy) is 2. The number of aryl methyl sites for hydroxylation is 1. The van der Waals surface area contributed by atoms with Crippen molar-refractivity contribution in [2.24, 2.45) is 0 Å². The van der Waals surface area contributed by atoms with Crippen molar-refractivity contribution in [3.63, 3.8) is 0 Å². The number of urea groups is 1. The van der Waals surface area contributed by atoms with E-state index in [9.17, 15) is 22.4 Å². The first-order valence-corrected chi connectivity index (χ1v) is 11.8. The zero-order valence-electron chi connectivity index (χ0n) is 20.0. The monoisotopic (exact) mass is 547 g/mol. The fourth-order valence-electron chi connectivity index (χ4n) is 3.21. The third kappa shape index (κ3) is 7.09. The van der Waals surface area contributed by atoms with Crippen LogP contribution in [-0.2, 0) is 0 Å². The molecular formula is C25H21F4N5O3S. The van der Waals surface area contributed by atoms with Gasteiger partial charge < -0.3 is 20.1 Å². The lowest BCUT2D eigenvalue weighted by molar-refractivity contribution is -0.153. The molecule has 8 nitrogen and oxygen atoms in total. The van der Waals surface area contributed by atoms with Crippen LogP contribution in [0, 0.1) is 12.7 Å². The minimum Gasteiger partial charge on any atom is -0.497 e. The summed E-state index contributed by atoms with van der Waals surface area (Å²) >= 11 is 1.17. The van der Waals surface area contributed by atoms with Crippen LogP contribution in [0.1, 0.15) is 5.56 Å². The maximum absolute atomic E-state index is 13.2. The average Bonchev–Trinajstić information content (AvgIpc) is 3.26. The average molecular weight is 548 g/mol. The zero-order valence-corrected chi connectivity index (χ0v) is 20.8. The third-order valence-electron chi connectivity index (χ3n) is 4.99. The lowest BCUT2D eigenvalue weighted by Crippen LogP contribution is -2.20. The van der Waals surface area contributed by atoms with Gasteiger partial charge in [-0.15, -0.1) is 0 Å². The van der Waals surface area contributed by atoms with Crippen molar-refractivity contribution in [3.05, 3.63) is 72.2 Å². The number of anilines is 4. The first kappa shape index (κ1) is 26.7. The van der Waals surface area contributed by atoms with Crippen LogP contribution in [0.2, 0.25) is 0 Å². The molecule has 4 rings (SSSR count). The Morgan fingerprint density at radius 3 is 2.34 bits per heavy atom. The number of alkyl halides is 3. The van der Waals surface area contributed by atoms with E-state index in [0.29, 0.717) is 38.4 Å². The molecule has 0 bridgehead atoms. The largest absolute Gasteiger partial charge is 0.497 e. The van der Waals surface area contributed by atoms with E-state index in [1.54, 1.807) is 44.4 Å². The molecule has 0 atom stereocenters. The fraction of sp³-hybridized carbons (Fsp3) is 0.160. The Morgan fingerprint density at radius 2 is 1.71 bits per heavy atom. The van der Waals surface area contributed by atoms with Gasteiger partial charge in [0.1, 0.15) is 17.3 Å². The number of hydrogen-bond acceptors (Lipinski definition) is 7. The first-order valence-electron chi connectivity index (χ1n) is 11.0. The number of carbonyl (C=O) groups is 1. The molecule has 0 aliphatic heterocycles. The maximum atomic E-state index is 13.2. The van der Waals surface area contributed by atoms with Gasteiger partial charge in [0, 0.05) is 11.4 Å². The van der Waals surface area contributed by atoms with Gasteiger partial charge in [0.15, 0.2) is 17.6 Å². The van der Waals surface area contributed by atoms with E-state index in [-0.39, 0.29) is 11.6 Å². The van der Waals surface area contributed by atoms with Gasteiger partial charge >= 0.3 is 12.2 Å². The van der Waals surface area contributed by atoms with Crippen LogP contribution < -0.4 is 25.4 Å². The van der Waals surface area contributed by atoms with Crippen LogP contribution in [0.15, 0.2) is 60.8 Å². The Labute approximate surface area is 218 Å². The van der Waals surface area contributed by atoms with Crippen LogP contribution in [0.5, 0.6) is 11.5 Å². The van der Waals surface area contributed by atoms with Gasteiger partial charge in [-0.1, -0.05) is 11.3 Å². The second kappa shape index (κ2) is 11.3. The molecule has 2 amide bonds. The molecule has 13 heteroatoms. The molecule has 198 valence electrons. The fourth-order valence-corrected chi connectivity index (χ4v) is 4.12. The predicted octanol–water partition coefficient (Wildman–Crippen LogP) is 6.99. The normalized spacial score (nSPS) is 11.1. The molecule has 0 unspecified atom stereocenters. The number of hydrogen-bond donors (Lipinski definition) is 3. The van der Waals surface area contributed by atoms with Crippen molar-refractivity contribution >= 4 is 39.7 Å². The van der Waals surface area contributed by atoms with Gasteiger partial charge in [0.05, 0.1) is 23.9 Å². The third-order valence-corrected chi connectivity index (χ3v) is 5.98. The standard InChI is InChI=1S/C25H21F4N5O3S/c1-14-11-19(30-12-20(14)37-13-25(27,28)29)21-22(33-23(35)31-16-5-3-15(26)4-6-16)34-24(38-21)32-17-7-9-18(36-2)10-8-17/h3-12H,13H2,1-2H3,(H,32,34)(H2,31,33,35). The number of nitrogens with zero attached hydrogens (tertiary/aromatic N) is 2. The summed E-state index contributed by atoms with van der Waals surface area (Å²) in [6.07, 6.45) is -3.30. The Hall–Kier alpha value is -4.39. The SMILES string of the molecule is COc1ccc(Nc2nc(NC(=O)Nc3ccc(F)cc3)c(-c3cc(C)c(OCC(F)(F)F)cn3)s2)cc1. The Morgan fingerprint density at radius 1 is 1.03 bits per heavy atom. The number of aromatic nitrogens is 2. The highest BCUT2D eigenvalue weighted by Crippen LogP contribution is 2.38. The van der Waals surface area contributed by atoms with Crippen molar-refractivity contribution in [2.45, 2.75) is 13.1 Å². The van der Waals surface area contributed by atoms with Gasteiger partial charge in [0.2, 0.25) is 0 Å². The van der Waals surface area contributed by atoms with E-state index in [4.69, 9.17) is 9.47 Å². The number of benzene rings is 2. The van der Waals surface area contributed by atoms with Gasteiger partial charge in [-0.05, 0) is 67.1 Å². The molecule has 0 aliphatic rings. The predicted molar refractivity (Wildman–Crippen MR) is 137 cm³/mol. The van der Waals surface area contributed by atoms with E-state index >= 15 is 0 Å². The highest BCUT2D eigenvalue weighted by Gasteiger charge is 2.29. The number of thiazole rings is 1. The Balaban J connectivity index is 1.61. The molecule has 2 heterocycles. The number of nitrogens with one attached hydrogen (secondary N) is 3. The van der Waals surface area contributed by atoms with Crippen molar-refractivity contribution in [3.8, 4) is 22.1 Å². The second-order valence-electron chi connectivity index (χ2n) is 7.88. The molecule has 4 aromatic rings. The number of halogens is 4. The highest BCUT2D eigenvalue weighted by molar-refractivity contribution is 7.19. The minimum atomic E-state index is -4.49. The Bertz CT molecular complexity index is 1410. The van der Waals surface area contributed by atoms with E-state index in [0.717, 1.165) is 0 Å². The minimum absolute atomic E-state index is 0.0178. The molecule has 3 N–H and O–H groups in total. The molecular weight excluding hydrogens is 526 g/mol. The summed E-state index contributed by atoms with van der Waals surface area (Å²) in [4.78, 5) is 21.8. The molecule has 0 aliphatic carbocycles. The van der Waals surface area contributed by atoms with Gasteiger partial charge in [-0.25, -0.2) is 14.2 Å². The van der Waals surface area contributed by atoms with E-state index in [2.05, 4.69) is 25.9 Å². The maximum Gasteiger partial charge on any atom is 0.422 e. The summed E-state index contributed by atoms with van der Waals surface area (Å²) in [7, 11) is 1.55. The Kier molecular flexibility index (Phi) is 7.96. The van der Waals surface area contributed by atoms with Crippen LogP contribution in [0.3, 0.4) is 0 Å². The molecule has 0 radical (unpaired) electrons. The van der Waals surface area contributed by atoms with Crippen LogP contribution >= 0.6 is 11.3 Å². The number of rotatable bonds is 8. The second-order valence-corrected chi connectivity index (χ2v) is 8.87. The molecule has 0 spiro atoms. The topological polar surface area (TPSA) is 97.4 Å². The summed E-state index contributed by atoms with van der Waals surface area (Å²) in [6, 6.07) is 13.2. The molecule has 2 aromatic heterocycles. The summed E-state index contributed by atoms with van der Waals surface area (Å²) in [5.41, 5.74) is 1.84. The molecule has 38 heavy (non-hydrogen) atoms. The summed E-state index contributed by atoms with van der Waals surface area (Å²) in [6.45, 7) is 0.143. The number of amides is 2. The van der Waals surface area contributed by atoms with Crippen molar-refractivity contribution in [1.29, 1.82) is 0 Å². The smallest absolute Gasteiger partial charge is 0.422 e. The zero-order chi connectivity index (χ0) is 27.3. The first-order chi connectivity index (χ1) is 18.1. The molecule has 0 saturated carbocycles. The molecule has 0 fully saturated rings. The number of carbonyl (C=O) groups excluding carboxylic acids is 1.